The van der Waals surface area contributed by atoms with Crippen LogP contribution in [0.25, 0.3) is 33.2 Å². The van der Waals surface area contributed by atoms with Gasteiger partial charge < -0.3 is 10.4 Å². The van der Waals surface area contributed by atoms with E-state index in [-0.39, 0.29) is 18.4 Å². The molecule has 2 heterocycles. The van der Waals surface area contributed by atoms with Crippen LogP contribution in [0.5, 0.6) is 0 Å². The molecule has 7 nitrogen and oxygen atoms in total. The Bertz CT molecular complexity index is 1670. The number of amides is 1. The van der Waals surface area contributed by atoms with Gasteiger partial charge in [-0.1, -0.05) is 41.9 Å². The maximum Gasteiger partial charge on any atom is 0.303 e. The number of aliphatic carboxylic acids is 1. The molecule has 0 fully saturated rings. The lowest BCUT2D eigenvalue weighted by Crippen LogP contribution is -2.26. The molecule has 0 spiro atoms. The Labute approximate surface area is 230 Å². The predicted molar refractivity (Wildman–Crippen MR) is 153 cm³/mol. The number of carboxylic acids is 1. The summed E-state index contributed by atoms with van der Waals surface area (Å²) in [5, 5.41) is 13.7. The number of aryl methyl sites for hydroxylation is 1. The Morgan fingerprint density at radius 2 is 1.74 bits per heavy atom. The molecule has 0 aliphatic rings. The molecule has 1 atom stereocenters. The number of nitrogens with one attached hydrogen (secondary N) is 1. The van der Waals surface area contributed by atoms with Crippen LogP contribution < -0.4 is 5.32 Å². The molecule has 0 saturated heterocycles. The molecule has 0 bridgehead atoms. The molecular formula is C31H27ClN4O3. The van der Waals surface area contributed by atoms with Gasteiger partial charge in [0, 0.05) is 34.2 Å². The van der Waals surface area contributed by atoms with Gasteiger partial charge in [0.1, 0.15) is 0 Å². The highest BCUT2D eigenvalue weighted by Gasteiger charge is 2.17. The molecule has 0 aliphatic heterocycles. The monoisotopic (exact) mass is 538 g/mol. The molecule has 2 N–H and O–H groups in total. The number of fused-ring (bicyclic) bond motifs is 2. The maximum atomic E-state index is 13.2. The highest BCUT2D eigenvalue weighted by molar-refractivity contribution is 6.30. The van der Waals surface area contributed by atoms with E-state index < -0.39 is 5.97 Å². The van der Waals surface area contributed by atoms with Crippen molar-refractivity contribution in [3.63, 3.8) is 0 Å². The van der Waals surface area contributed by atoms with E-state index in [1.807, 2.05) is 49.4 Å². The lowest BCUT2D eigenvalue weighted by molar-refractivity contribution is -0.137. The Hall–Kier alpha value is -4.36. The molecule has 0 aliphatic carbocycles. The van der Waals surface area contributed by atoms with Gasteiger partial charge in [-0.05, 0) is 74.2 Å². The van der Waals surface area contributed by atoms with Crippen molar-refractivity contribution >= 4 is 45.4 Å². The third-order valence-electron chi connectivity index (χ3n) is 6.66. The van der Waals surface area contributed by atoms with E-state index >= 15 is 0 Å². The summed E-state index contributed by atoms with van der Waals surface area (Å²) < 4.78 is 0. The molecule has 2 aromatic heterocycles. The average Bonchev–Trinajstić information content (AvgIpc) is 2.94. The van der Waals surface area contributed by atoms with Crippen LogP contribution in [0.1, 0.15) is 53.8 Å². The van der Waals surface area contributed by atoms with Crippen molar-refractivity contribution in [2.45, 2.75) is 38.6 Å². The van der Waals surface area contributed by atoms with Crippen molar-refractivity contribution in [3.8, 4) is 11.3 Å². The van der Waals surface area contributed by atoms with E-state index in [0.29, 0.717) is 40.9 Å². The van der Waals surface area contributed by atoms with E-state index in [9.17, 15) is 9.59 Å². The average molecular weight is 539 g/mol. The lowest BCUT2D eigenvalue weighted by Gasteiger charge is -2.17. The normalized spacial score (nSPS) is 11.9. The van der Waals surface area contributed by atoms with Gasteiger partial charge in [0.05, 0.1) is 34.0 Å². The molecule has 196 valence electrons. The minimum absolute atomic E-state index is 0.104. The summed E-state index contributed by atoms with van der Waals surface area (Å²) in [7, 11) is 0. The van der Waals surface area contributed by atoms with Gasteiger partial charge >= 0.3 is 5.97 Å². The van der Waals surface area contributed by atoms with Crippen LogP contribution in [0.3, 0.4) is 0 Å². The number of nitrogens with zero attached hydrogens (tertiary/aromatic N) is 3. The first-order chi connectivity index (χ1) is 18.9. The van der Waals surface area contributed by atoms with Gasteiger partial charge in [-0.2, -0.15) is 0 Å². The number of rotatable bonds is 9. The number of aromatic nitrogens is 3. The zero-order valence-electron chi connectivity index (χ0n) is 21.4. The van der Waals surface area contributed by atoms with E-state index in [1.54, 1.807) is 36.5 Å². The van der Waals surface area contributed by atoms with Crippen LogP contribution in [-0.2, 0) is 11.2 Å². The Morgan fingerprint density at radius 3 is 2.54 bits per heavy atom. The maximum absolute atomic E-state index is 13.2. The fourth-order valence-corrected chi connectivity index (χ4v) is 4.80. The second-order valence-corrected chi connectivity index (χ2v) is 9.88. The van der Waals surface area contributed by atoms with Crippen LogP contribution in [0, 0.1) is 0 Å². The summed E-state index contributed by atoms with van der Waals surface area (Å²) in [5.74, 6) is -1.03. The molecule has 8 heteroatoms. The van der Waals surface area contributed by atoms with Crippen molar-refractivity contribution in [1.82, 2.24) is 20.3 Å². The zero-order chi connectivity index (χ0) is 27.4. The number of unbranched alkanes of at least 4 members (excludes halogenated alkanes) is 1. The van der Waals surface area contributed by atoms with Crippen molar-refractivity contribution < 1.29 is 14.7 Å². The standard InChI is InChI=1S/C31H27ClN4O3/c1-19(23-6-4-9-25-24(23)7-5-17-33-25)34-31(39)21-13-16-26-28(18-21)35-27(8-2-3-10-29(37)38)30(36-26)20-11-14-22(32)15-12-20/h4-7,9,11-19H,2-3,8,10H2,1H3,(H,34,39)(H,37,38). The van der Waals surface area contributed by atoms with Crippen LogP contribution in [0.4, 0.5) is 0 Å². The molecular weight excluding hydrogens is 512 g/mol. The minimum atomic E-state index is -0.817. The second kappa shape index (κ2) is 11.6. The van der Waals surface area contributed by atoms with E-state index in [2.05, 4.69) is 10.3 Å². The highest BCUT2D eigenvalue weighted by atomic mass is 35.5. The largest absolute Gasteiger partial charge is 0.481 e. The first-order valence-corrected chi connectivity index (χ1v) is 13.2. The summed E-state index contributed by atoms with van der Waals surface area (Å²) >= 11 is 6.08. The topological polar surface area (TPSA) is 105 Å². The van der Waals surface area contributed by atoms with E-state index in [0.717, 1.165) is 33.4 Å². The predicted octanol–water partition coefficient (Wildman–Crippen LogP) is 6.79. The van der Waals surface area contributed by atoms with Crippen molar-refractivity contribution in [1.29, 1.82) is 0 Å². The van der Waals surface area contributed by atoms with Gasteiger partial charge in [-0.3, -0.25) is 14.6 Å². The third kappa shape index (κ3) is 6.04. The third-order valence-corrected chi connectivity index (χ3v) is 6.92. The number of hydrogen-bond acceptors (Lipinski definition) is 5. The number of carboxylic acid groups (broad SMARTS) is 1. The SMILES string of the molecule is CC(NC(=O)c1ccc2nc(-c3ccc(Cl)cc3)c(CCCCC(=O)O)nc2c1)c1cccc2ncccc12. The van der Waals surface area contributed by atoms with E-state index in [4.69, 9.17) is 26.7 Å². The number of halogens is 1. The summed E-state index contributed by atoms with van der Waals surface area (Å²) in [6.07, 6.45) is 3.62. The van der Waals surface area contributed by atoms with Crippen LogP contribution in [0.15, 0.2) is 79.0 Å². The lowest BCUT2D eigenvalue weighted by atomic mass is 10.0. The summed E-state index contributed by atoms with van der Waals surface area (Å²) in [4.78, 5) is 38.4. The first-order valence-electron chi connectivity index (χ1n) is 12.8. The molecule has 1 unspecified atom stereocenters. The molecule has 39 heavy (non-hydrogen) atoms. The smallest absolute Gasteiger partial charge is 0.303 e. The van der Waals surface area contributed by atoms with Gasteiger partial charge in [-0.25, -0.2) is 9.97 Å². The van der Waals surface area contributed by atoms with Crippen LogP contribution in [-0.4, -0.2) is 31.9 Å². The highest BCUT2D eigenvalue weighted by Crippen LogP contribution is 2.27. The summed E-state index contributed by atoms with van der Waals surface area (Å²) in [5.41, 5.74) is 5.99. The Kier molecular flexibility index (Phi) is 7.79. The molecule has 3 aromatic carbocycles. The molecule has 0 saturated carbocycles. The van der Waals surface area contributed by atoms with Crippen molar-refractivity contribution in [2.75, 3.05) is 0 Å². The van der Waals surface area contributed by atoms with Crippen LogP contribution in [0.2, 0.25) is 5.02 Å². The van der Waals surface area contributed by atoms with Crippen LogP contribution >= 0.6 is 11.6 Å². The zero-order valence-corrected chi connectivity index (χ0v) is 22.2. The van der Waals surface area contributed by atoms with Gasteiger partial charge in [0.25, 0.3) is 5.91 Å². The van der Waals surface area contributed by atoms with E-state index in [1.165, 1.54) is 0 Å². The van der Waals surface area contributed by atoms with Gasteiger partial charge in [-0.15, -0.1) is 0 Å². The Balaban J connectivity index is 1.43. The molecule has 0 radical (unpaired) electrons. The molecule has 5 rings (SSSR count). The summed E-state index contributed by atoms with van der Waals surface area (Å²) in [6.45, 7) is 1.95. The van der Waals surface area contributed by atoms with Gasteiger partial charge in [0.2, 0.25) is 0 Å². The molecule has 1 amide bonds. The van der Waals surface area contributed by atoms with Gasteiger partial charge in [0.15, 0.2) is 0 Å². The minimum Gasteiger partial charge on any atom is -0.481 e. The number of carbonyl (C=O) groups is 2. The fraction of sp³-hybridized carbons (Fsp3) is 0.194. The number of carbonyl (C=O) groups excluding carboxylic acids is 1. The van der Waals surface area contributed by atoms with Crippen molar-refractivity contribution in [2.24, 2.45) is 0 Å². The molecule has 5 aromatic rings. The Morgan fingerprint density at radius 1 is 0.923 bits per heavy atom. The summed E-state index contributed by atoms with van der Waals surface area (Å²) in [6, 6.07) is 22.2. The fourth-order valence-electron chi connectivity index (χ4n) is 4.68. The number of hydrogen-bond donors (Lipinski definition) is 2. The number of pyridine rings is 1. The quantitative estimate of drug-likeness (QED) is 0.200. The first kappa shape index (κ1) is 26.3. The number of benzene rings is 3. The van der Waals surface area contributed by atoms with Crippen molar-refractivity contribution in [3.05, 3.63) is 101 Å². The second-order valence-electron chi connectivity index (χ2n) is 9.44.